The number of anilines is 1. The average molecular weight is 345 g/mol. The van der Waals surface area contributed by atoms with Crippen LogP contribution in [-0.2, 0) is 4.79 Å². The van der Waals surface area contributed by atoms with Gasteiger partial charge < -0.3 is 14.5 Å². The minimum Gasteiger partial charge on any atom is -0.497 e. The van der Waals surface area contributed by atoms with Crippen molar-refractivity contribution in [2.75, 3.05) is 38.2 Å². The number of hydrogen-bond acceptors (Lipinski definition) is 5. The molecule has 1 unspecified atom stereocenters. The Morgan fingerprint density at radius 3 is 2.92 bits per heavy atom. The number of ether oxygens (including phenoxy) is 1. The van der Waals surface area contributed by atoms with Crippen LogP contribution in [0, 0.1) is 11.8 Å². The third-order valence-electron chi connectivity index (χ3n) is 5.05. The molecule has 1 aromatic carbocycles. The molecule has 5 nitrogen and oxygen atoms in total. The van der Waals surface area contributed by atoms with E-state index < -0.39 is 0 Å². The van der Waals surface area contributed by atoms with Crippen LogP contribution in [0.25, 0.3) is 10.2 Å². The zero-order valence-electron chi connectivity index (χ0n) is 14.2. The van der Waals surface area contributed by atoms with E-state index in [2.05, 4.69) is 16.7 Å². The fourth-order valence-electron chi connectivity index (χ4n) is 3.59. The number of fused-ring (bicyclic) bond motifs is 1. The van der Waals surface area contributed by atoms with Crippen molar-refractivity contribution in [1.82, 2.24) is 9.88 Å². The predicted molar refractivity (Wildman–Crippen MR) is 96.9 cm³/mol. The Morgan fingerprint density at radius 2 is 2.17 bits per heavy atom. The molecule has 1 aromatic heterocycles. The number of rotatable bonds is 3. The van der Waals surface area contributed by atoms with Gasteiger partial charge in [0.05, 0.1) is 23.2 Å². The van der Waals surface area contributed by atoms with Crippen molar-refractivity contribution >= 4 is 32.6 Å². The van der Waals surface area contributed by atoms with Crippen molar-refractivity contribution in [3.8, 4) is 5.75 Å². The quantitative estimate of drug-likeness (QED) is 0.858. The summed E-state index contributed by atoms with van der Waals surface area (Å²) in [5, 5.41) is 1.01. The second kappa shape index (κ2) is 6.24. The molecule has 4 rings (SSSR count). The summed E-state index contributed by atoms with van der Waals surface area (Å²) in [6, 6.07) is 5.95. The number of nitrogens with zero attached hydrogens (tertiary/aromatic N) is 3. The van der Waals surface area contributed by atoms with E-state index in [0.717, 1.165) is 53.7 Å². The molecule has 0 saturated carbocycles. The van der Waals surface area contributed by atoms with Crippen molar-refractivity contribution in [1.29, 1.82) is 0 Å². The van der Waals surface area contributed by atoms with Gasteiger partial charge in [0.1, 0.15) is 5.75 Å². The lowest BCUT2D eigenvalue weighted by molar-refractivity contribution is -0.138. The molecule has 128 valence electrons. The molecule has 0 N–H and O–H groups in total. The van der Waals surface area contributed by atoms with Gasteiger partial charge in [-0.1, -0.05) is 18.3 Å². The van der Waals surface area contributed by atoms with Crippen LogP contribution < -0.4 is 9.64 Å². The van der Waals surface area contributed by atoms with E-state index in [1.54, 1.807) is 18.4 Å². The third kappa shape index (κ3) is 2.83. The summed E-state index contributed by atoms with van der Waals surface area (Å²) in [7, 11) is 1.68. The molecule has 0 radical (unpaired) electrons. The van der Waals surface area contributed by atoms with Gasteiger partial charge in [-0.3, -0.25) is 4.79 Å². The van der Waals surface area contributed by atoms with E-state index in [0.29, 0.717) is 11.8 Å². The standard InChI is InChI=1S/C18H23N3O2S/c1-12-4-3-7-20(9-12)17(22)13-10-21(11-13)18-19-15-6-5-14(23-2)8-16(15)24-18/h5-6,8,12-13H,3-4,7,9-11H2,1-2H3. The normalized spacial score (nSPS) is 21.8. The maximum atomic E-state index is 12.6. The van der Waals surface area contributed by atoms with Crippen LogP contribution in [-0.4, -0.2) is 49.1 Å². The first kappa shape index (κ1) is 15.7. The summed E-state index contributed by atoms with van der Waals surface area (Å²) in [5.41, 5.74) is 0.996. The van der Waals surface area contributed by atoms with Gasteiger partial charge in [-0.2, -0.15) is 0 Å². The molecule has 2 aliphatic rings. The highest BCUT2D eigenvalue weighted by Crippen LogP contribution is 2.35. The van der Waals surface area contributed by atoms with E-state index in [9.17, 15) is 4.79 Å². The van der Waals surface area contributed by atoms with Gasteiger partial charge in [0.2, 0.25) is 5.91 Å². The predicted octanol–water partition coefficient (Wildman–Crippen LogP) is 3.00. The number of amides is 1. The Balaban J connectivity index is 1.41. The van der Waals surface area contributed by atoms with Gasteiger partial charge in [0, 0.05) is 26.2 Å². The van der Waals surface area contributed by atoms with Crippen molar-refractivity contribution in [2.24, 2.45) is 11.8 Å². The highest BCUT2D eigenvalue weighted by molar-refractivity contribution is 7.22. The zero-order valence-corrected chi connectivity index (χ0v) is 15.0. The zero-order chi connectivity index (χ0) is 16.7. The summed E-state index contributed by atoms with van der Waals surface area (Å²) < 4.78 is 6.40. The summed E-state index contributed by atoms with van der Waals surface area (Å²) in [6.45, 7) is 5.68. The highest BCUT2D eigenvalue weighted by Gasteiger charge is 2.37. The van der Waals surface area contributed by atoms with Crippen LogP contribution in [0.5, 0.6) is 5.75 Å². The van der Waals surface area contributed by atoms with Crippen LogP contribution in [0.1, 0.15) is 19.8 Å². The second-order valence-electron chi connectivity index (χ2n) is 6.96. The molecule has 24 heavy (non-hydrogen) atoms. The average Bonchev–Trinajstić information content (AvgIpc) is 2.95. The van der Waals surface area contributed by atoms with Gasteiger partial charge in [-0.05, 0) is 37.0 Å². The number of carbonyl (C=O) groups excluding carboxylic acids is 1. The number of hydrogen-bond donors (Lipinski definition) is 0. The van der Waals surface area contributed by atoms with E-state index in [1.165, 1.54) is 6.42 Å². The number of methoxy groups -OCH3 is 1. The largest absolute Gasteiger partial charge is 0.497 e. The molecule has 0 spiro atoms. The second-order valence-corrected chi connectivity index (χ2v) is 7.97. The highest BCUT2D eigenvalue weighted by atomic mass is 32.1. The van der Waals surface area contributed by atoms with Crippen molar-refractivity contribution in [2.45, 2.75) is 19.8 Å². The third-order valence-corrected chi connectivity index (χ3v) is 6.13. The first-order valence-electron chi connectivity index (χ1n) is 8.62. The van der Waals surface area contributed by atoms with Crippen LogP contribution in [0.2, 0.25) is 0 Å². The molecule has 6 heteroatoms. The maximum Gasteiger partial charge on any atom is 0.229 e. The first-order chi connectivity index (χ1) is 11.6. The van der Waals surface area contributed by atoms with Crippen molar-refractivity contribution in [3.63, 3.8) is 0 Å². The smallest absolute Gasteiger partial charge is 0.229 e. The number of benzene rings is 1. The Kier molecular flexibility index (Phi) is 4.08. The molecule has 1 atom stereocenters. The molecule has 1 amide bonds. The fourth-order valence-corrected chi connectivity index (χ4v) is 4.61. The van der Waals surface area contributed by atoms with Crippen LogP contribution in [0.4, 0.5) is 5.13 Å². The lowest BCUT2D eigenvalue weighted by Crippen LogP contribution is -2.56. The van der Waals surface area contributed by atoms with Crippen LogP contribution >= 0.6 is 11.3 Å². The molecular weight excluding hydrogens is 322 g/mol. The topological polar surface area (TPSA) is 45.7 Å². The SMILES string of the molecule is COc1ccc2nc(N3CC(C(=O)N4CCCC(C)C4)C3)sc2c1. The van der Waals surface area contributed by atoms with Gasteiger partial charge >= 0.3 is 0 Å². The Labute approximate surface area is 146 Å². The Morgan fingerprint density at radius 1 is 1.33 bits per heavy atom. The summed E-state index contributed by atoms with van der Waals surface area (Å²) in [4.78, 5) is 21.6. The van der Waals surface area contributed by atoms with Gasteiger partial charge in [0.15, 0.2) is 5.13 Å². The van der Waals surface area contributed by atoms with E-state index in [1.807, 2.05) is 18.2 Å². The summed E-state index contributed by atoms with van der Waals surface area (Å²) >= 11 is 1.67. The minimum atomic E-state index is 0.136. The van der Waals surface area contributed by atoms with Gasteiger partial charge in [0.25, 0.3) is 0 Å². The summed E-state index contributed by atoms with van der Waals surface area (Å²) in [6.07, 6.45) is 2.39. The molecule has 3 heterocycles. The number of piperidine rings is 1. The molecule has 0 bridgehead atoms. The van der Waals surface area contributed by atoms with Gasteiger partial charge in [-0.15, -0.1) is 0 Å². The number of aromatic nitrogens is 1. The van der Waals surface area contributed by atoms with Crippen molar-refractivity contribution in [3.05, 3.63) is 18.2 Å². The van der Waals surface area contributed by atoms with E-state index in [4.69, 9.17) is 9.72 Å². The van der Waals surface area contributed by atoms with Crippen LogP contribution in [0.3, 0.4) is 0 Å². The minimum absolute atomic E-state index is 0.136. The lowest BCUT2D eigenvalue weighted by atomic mass is 9.95. The number of likely N-dealkylation sites (tertiary alicyclic amines) is 1. The fraction of sp³-hybridized carbons (Fsp3) is 0.556. The molecule has 2 aliphatic heterocycles. The lowest BCUT2D eigenvalue weighted by Gasteiger charge is -2.42. The first-order valence-corrected chi connectivity index (χ1v) is 9.44. The van der Waals surface area contributed by atoms with E-state index in [-0.39, 0.29) is 5.92 Å². The Hall–Kier alpha value is -1.82. The van der Waals surface area contributed by atoms with E-state index >= 15 is 0 Å². The summed E-state index contributed by atoms with van der Waals surface area (Å²) in [5.74, 6) is 1.96. The molecule has 2 fully saturated rings. The molecule has 0 aliphatic carbocycles. The molecule has 2 aromatic rings. The van der Waals surface area contributed by atoms with Crippen molar-refractivity contribution < 1.29 is 9.53 Å². The molecular formula is C18H23N3O2S. The molecule has 2 saturated heterocycles. The number of carbonyl (C=O) groups is 1. The number of thiazole rings is 1. The van der Waals surface area contributed by atoms with Gasteiger partial charge in [-0.25, -0.2) is 4.98 Å². The van der Waals surface area contributed by atoms with Crippen LogP contribution in [0.15, 0.2) is 18.2 Å². The monoisotopic (exact) mass is 345 g/mol. The maximum absolute atomic E-state index is 12.6. The Bertz CT molecular complexity index is 754.